The Bertz CT molecular complexity index is 871. The highest BCUT2D eigenvalue weighted by molar-refractivity contribution is 5.47. The van der Waals surface area contributed by atoms with Gasteiger partial charge in [-0.2, -0.15) is 15.0 Å². The average molecular weight is 441 g/mol. The lowest BCUT2D eigenvalue weighted by molar-refractivity contribution is 0.441. The third kappa shape index (κ3) is 5.44. The molecule has 4 atom stereocenters. The van der Waals surface area contributed by atoms with Crippen LogP contribution in [-0.2, 0) is 6.54 Å². The highest BCUT2D eigenvalue weighted by atomic mass is 15.4. The number of hydrogen-bond donors (Lipinski definition) is 5. The lowest BCUT2D eigenvalue weighted by Gasteiger charge is -2.37. The Labute approximate surface area is 189 Å². The van der Waals surface area contributed by atoms with Crippen molar-refractivity contribution in [1.29, 1.82) is 0 Å². The Morgan fingerprint density at radius 2 is 1.31 bits per heavy atom. The summed E-state index contributed by atoms with van der Waals surface area (Å²) in [6, 6.07) is 6.37. The summed E-state index contributed by atoms with van der Waals surface area (Å²) >= 11 is 0. The summed E-state index contributed by atoms with van der Waals surface area (Å²) in [7, 11) is 0. The Morgan fingerprint density at radius 1 is 0.812 bits per heavy atom. The Morgan fingerprint density at radius 3 is 1.78 bits per heavy atom. The van der Waals surface area contributed by atoms with Gasteiger partial charge < -0.3 is 38.1 Å². The van der Waals surface area contributed by atoms with E-state index in [-0.39, 0.29) is 24.2 Å². The minimum Gasteiger partial charge on any atom is -0.350 e. The van der Waals surface area contributed by atoms with E-state index in [9.17, 15) is 0 Å². The van der Waals surface area contributed by atoms with E-state index in [2.05, 4.69) is 47.2 Å². The summed E-state index contributed by atoms with van der Waals surface area (Å²) in [5.74, 6) is 1.68. The molecule has 4 rings (SSSR count). The SMILES string of the molecule is Cc1ccc(CNc2nc(N3CC(N)CC(N)C3)nc(N3CC(N)CC(N)C3)n2)c(C)c1. The topological polar surface area (TPSA) is 161 Å². The van der Waals surface area contributed by atoms with Crippen LogP contribution in [0.3, 0.4) is 0 Å². The maximum absolute atomic E-state index is 6.22. The first kappa shape index (κ1) is 22.7. The molecule has 0 spiro atoms. The van der Waals surface area contributed by atoms with Crippen LogP contribution in [-0.4, -0.2) is 65.3 Å². The van der Waals surface area contributed by atoms with Crippen LogP contribution in [0.5, 0.6) is 0 Å². The Balaban J connectivity index is 1.62. The second-order valence-corrected chi connectivity index (χ2v) is 9.36. The van der Waals surface area contributed by atoms with E-state index in [0.717, 1.165) is 12.8 Å². The van der Waals surface area contributed by atoms with Gasteiger partial charge in [-0.15, -0.1) is 0 Å². The molecule has 0 radical (unpaired) electrons. The van der Waals surface area contributed by atoms with Crippen molar-refractivity contribution in [1.82, 2.24) is 15.0 Å². The van der Waals surface area contributed by atoms with E-state index >= 15 is 0 Å². The van der Waals surface area contributed by atoms with Crippen molar-refractivity contribution in [3.05, 3.63) is 34.9 Å². The van der Waals surface area contributed by atoms with Crippen LogP contribution in [0, 0.1) is 13.8 Å². The number of benzene rings is 1. The number of aryl methyl sites for hydroxylation is 2. The van der Waals surface area contributed by atoms with E-state index in [1.54, 1.807) is 0 Å². The predicted octanol–water partition coefficient (Wildman–Crippen LogP) is -0.170. The number of rotatable bonds is 5. The molecule has 2 fully saturated rings. The molecule has 10 nitrogen and oxygen atoms in total. The molecule has 4 unspecified atom stereocenters. The van der Waals surface area contributed by atoms with Crippen molar-refractivity contribution in [2.45, 2.75) is 57.4 Å². The highest BCUT2D eigenvalue weighted by Gasteiger charge is 2.28. The first-order valence-corrected chi connectivity index (χ1v) is 11.3. The van der Waals surface area contributed by atoms with E-state index in [0.29, 0.717) is 50.6 Å². The minimum absolute atomic E-state index is 0.0117. The summed E-state index contributed by atoms with van der Waals surface area (Å²) < 4.78 is 0. The molecule has 9 N–H and O–H groups in total. The van der Waals surface area contributed by atoms with Gasteiger partial charge >= 0.3 is 0 Å². The van der Waals surface area contributed by atoms with Crippen LogP contribution >= 0.6 is 0 Å². The van der Waals surface area contributed by atoms with Crippen LogP contribution in [0.15, 0.2) is 18.2 Å². The number of piperidine rings is 2. The zero-order valence-corrected chi connectivity index (χ0v) is 19.0. The van der Waals surface area contributed by atoms with Crippen molar-refractivity contribution in [2.24, 2.45) is 22.9 Å². The minimum atomic E-state index is -0.0117. The van der Waals surface area contributed by atoms with Crippen molar-refractivity contribution >= 4 is 17.8 Å². The highest BCUT2D eigenvalue weighted by Crippen LogP contribution is 2.22. The first-order chi connectivity index (χ1) is 15.3. The lowest BCUT2D eigenvalue weighted by Crippen LogP contribution is -2.54. The van der Waals surface area contributed by atoms with Gasteiger partial charge in [0.15, 0.2) is 0 Å². The molecule has 0 bridgehead atoms. The van der Waals surface area contributed by atoms with Crippen molar-refractivity contribution < 1.29 is 0 Å². The zero-order valence-electron chi connectivity index (χ0n) is 19.0. The smallest absolute Gasteiger partial charge is 0.232 e. The fraction of sp³-hybridized carbons (Fsp3) is 0.591. The van der Waals surface area contributed by atoms with Crippen LogP contribution in [0.2, 0.25) is 0 Å². The summed E-state index contributed by atoms with van der Waals surface area (Å²) in [5, 5.41) is 3.38. The maximum atomic E-state index is 6.22. The third-order valence-electron chi connectivity index (χ3n) is 6.14. The molecule has 2 aliphatic heterocycles. The van der Waals surface area contributed by atoms with Gasteiger partial charge in [0.25, 0.3) is 0 Å². The molecule has 2 aromatic rings. The monoisotopic (exact) mass is 440 g/mol. The van der Waals surface area contributed by atoms with E-state index < -0.39 is 0 Å². The average Bonchev–Trinajstić information content (AvgIpc) is 2.71. The molecule has 1 aromatic carbocycles. The van der Waals surface area contributed by atoms with E-state index in [4.69, 9.17) is 37.9 Å². The molecule has 1 aromatic heterocycles. The van der Waals surface area contributed by atoms with Crippen LogP contribution in [0.1, 0.15) is 29.5 Å². The molecule has 0 saturated carbocycles. The molecule has 174 valence electrons. The van der Waals surface area contributed by atoms with Crippen LogP contribution in [0.4, 0.5) is 17.8 Å². The number of nitrogens with one attached hydrogen (secondary N) is 1. The van der Waals surface area contributed by atoms with Gasteiger partial charge in [0.05, 0.1) is 0 Å². The molecule has 10 heteroatoms. The van der Waals surface area contributed by atoms with Gasteiger partial charge in [0.1, 0.15) is 0 Å². The second-order valence-electron chi connectivity index (χ2n) is 9.36. The van der Waals surface area contributed by atoms with Gasteiger partial charge in [-0.1, -0.05) is 23.8 Å². The van der Waals surface area contributed by atoms with Gasteiger partial charge in [0, 0.05) is 56.9 Å². The molecule has 3 heterocycles. The van der Waals surface area contributed by atoms with Crippen molar-refractivity contribution in [3.8, 4) is 0 Å². The molecular weight excluding hydrogens is 404 g/mol. The summed E-state index contributed by atoms with van der Waals surface area (Å²) in [6.07, 6.45) is 1.59. The van der Waals surface area contributed by atoms with Crippen molar-refractivity contribution in [2.75, 3.05) is 41.3 Å². The predicted molar refractivity (Wildman–Crippen MR) is 129 cm³/mol. The number of anilines is 3. The standard InChI is InChI=1S/C22H36N10/c1-13-3-4-15(14(2)5-13)8-27-20-28-21(31-9-16(23)6-17(24)10-31)30-22(29-20)32-11-18(25)7-19(26)12-32/h3-5,16-19H,6-12,23-26H2,1-2H3,(H,27,28,29,30). The third-order valence-corrected chi connectivity index (χ3v) is 6.14. The second kappa shape index (κ2) is 9.53. The first-order valence-electron chi connectivity index (χ1n) is 11.3. The Kier molecular flexibility index (Phi) is 6.75. The molecule has 0 aliphatic carbocycles. The number of hydrogen-bond acceptors (Lipinski definition) is 10. The molecular formula is C22H36N10. The number of nitrogens with two attached hydrogens (primary N) is 4. The van der Waals surface area contributed by atoms with Gasteiger partial charge in [-0.3, -0.25) is 0 Å². The summed E-state index contributed by atoms with van der Waals surface area (Å²) in [5.41, 5.74) is 28.5. The maximum Gasteiger partial charge on any atom is 0.232 e. The zero-order chi connectivity index (χ0) is 22.8. The van der Waals surface area contributed by atoms with Gasteiger partial charge in [-0.25, -0.2) is 0 Å². The molecule has 2 saturated heterocycles. The van der Waals surface area contributed by atoms with Crippen LogP contribution in [0.25, 0.3) is 0 Å². The quantitative estimate of drug-likeness (QED) is 0.422. The number of nitrogens with zero attached hydrogens (tertiary/aromatic N) is 5. The fourth-order valence-corrected chi connectivity index (χ4v) is 4.62. The normalized spacial score (nSPS) is 26.3. The van der Waals surface area contributed by atoms with Gasteiger partial charge in [-0.05, 0) is 37.8 Å². The summed E-state index contributed by atoms with van der Waals surface area (Å²) in [4.78, 5) is 18.3. The fourth-order valence-electron chi connectivity index (χ4n) is 4.62. The van der Waals surface area contributed by atoms with Crippen molar-refractivity contribution in [3.63, 3.8) is 0 Å². The molecule has 32 heavy (non-hydrogen) atoms. The van der Waals surface area contributed by atoms with E-state index in [1.165, 1.54) is 16.7 Å². The molecule has 0 amide bonds. The molecule has 2 aliphatic rings. The lowest BCUT2D eigenvalue weighted by atomic mass is 10.0. The van der Waals surface area contributed by atoms with E-state index in [1.807, 2.05) is 0 Å². The summed E-state index contributed by atoms with van der Waals surface area (Å²) in [6.45, 7) is 7.46. The van der Waals surface area contributed by atoms with Gasteiger partial charge in [0.2, 0.25) is 17.8 Å². The largest absolute Gasteiger partial charge is 0.350 e. The number of aromatic nitrogens is 3. The Hall–Kier alpha value is -2.53. The van der Waals surface area contributed by atoms with Crippen LogP contribution < -0.4 is 38.1 Å².